The molecule has 1 aromatic carbocycles. The van der Waals surface area contributed by atoms with Gasteiger partial charge >= 0.3 is 5.97 Å². The maximum atomic E-state index is 14.7. The predicted octanol–water partition coefficient (Wildman–Crippen LogP) is 2.96. The largest absolute Gasteiger partial charge is 0.480 e. The third-order valence-electron chi connectivity index (χ3n) is 15.3. The summed E-state index contributed by atoms with van der Waals surface area (Å²) in [5, 5.41) is 16.6. The first-order valence-electron chi connectivity index (χ1n) is 25.5. The van der Waals surface area contributed by atoms with Gasteiger partial charge in [0.2, 0.25) is 23.6 Å². The van der Waals surface area contributed by atoms with Gasteiger partial charge in [0.15, 0.2) is 19.7 Å². The first kappa shape index (κ1) is 60.6. The molecule has 3 aliphatic rings. The fraction of sp³-hybridized carbons (Fsp3) is 0.745. The van der Waals surface area contributed by atoms with Gasteiger partial charge in [0.25, 0.3) is 0 Å². The van der Waals surface area contributed by atoms with Crippen LogP contribution in [0.4, 0.5) is 0 Å². The van der Waals surface area contributed by atoms with Gasteiger partial charge in [-0.05, 0) is 54.9 Å². The van der Waals surface area contributed by atoms with Gasteiger partial charge in [0, 0.05) is 52.2 Å². The number of benzene rings is 1. The number of carboxylic acids is 1. The second kappa shape index (κ2) is 28.1. The summed E-state index contributed by atoms with van der Waals surface area (Å²) in [6, 6.07) is 5.22. The van der Waals surface area contributed by atoms with E-state index in [1.807, 2.05) is 38.7 Å². The van der Waals surface area contributed by atoms with E-state index in [1.165, 1.54) is 14.2 Å². The van der Waals surface area contributed by atoms with Gasteiger partial charge in [-0.15, -0.1) is 0 Å². The van der Waals surface area contributed by atoms with Crippen LogP contribution in [0.25, 0.3) is 0 Å². The fourth-order valence-corrected chi connectivity index (χ4v) is 12.5. The zero-order valence-corrected chi connectivity index (χ0v) is 45.5. The van der Waals surface area contributed by atoms with Gasteiger partial charge in [-0.2, -0.15) is 0 Å². The average molecular weight is 1050 g/mol. The number of methoxy groups -OCH3 is 2. The van der Waals surface area contributed by atoms with Crippen molar-refractivity contribution in [2.75, 3.05) is 78.0 Å². The Bertz CT molecular complexity index is 2180. The predicted molar refractivity (Wildman–Crippen MR) is 273 cm³/mol. The molecule has 408 valence electrons. The maximum absolute atomic E-state index is 14.7. The van der Waals surface area contributed by atoms with Gasteiger partial charge in [0.1, 0.15) is 12.1 Å². The number of fused-ring (bicyclic) bond motifs is 2. The van der Waals surface area contributed by atoms with Crippen molar-refractivity contribution in [3.8, 4) is 0 Å². The molecule has 1 unspecified atom stereocenters. The van der Waals surface area contributed by atoms with E-state index >= 15 is 0 Å². The van der Waals surface area contributed by atoms with E-state index in [2.05, 4.69) is 24.1 Å². The zero-order chi connectivity index (χ0) is 53.5. The molecule has 4 rings (SSSR count). The zero-order valence-electron chi connectivity index (χ0n) is 43.9. The number of aliphatic carboxylic acids is 1. The summed E-state index contributed by atoms with van der Waals surface area (Å²) >= 11 is 0. The van der Waals surface area contributed by atoms with Crippen LogP contribution in [0.5, 0.6) is 0 Å². The van der Waals surface area contributed by atoms with E-state index in [4.69, 9.17) is 18.9 Å². The lowest BCUT2D eigenvalue weighted by Crippen LogP contribution is -2.60. The number of nitrogens with zero attached hydrogens (tertiary/aromatic N) is 3. The molecular formula is C51H83N5O14S2. The minimum Gasteiger partial charge on any atom is -0.480 e. The Kier molecular flexibility index (Phi) is 23.6. The van der Waals surface area contributed by atoms with E-state index < -0.39 is 79.9 Å². The van der Waals surface area contributed by atoms with Gasteiger partial charge in [-0.1, -0.05) is 84.9 Å². The van der Waals surface area contributed by atoms with Crippen molar-refractivity contribution < 1.29 is 64.9 Å². The topological polar surface area (TPSA) is 245 Å². The van der Waals surface area contributed by atoms with E-state index in [-0.39, 0.29) is 111 Å². The number of carbonyl (C=O) groups excluding carboxylic acids is 4. The van der Waals surface area contributed by atoms with Crippen LogP contribution in [0.15, 0.2) is 42.3 Å². The molecule has 3 N–H and O–H groups in total. The quantitative estimate of drug-likeness (QED) is 0.0879. The maximum Gasteiger partial charge on any atom is 0.326 e. The Morgan fingerprint density at radius 2 is 1.56 bits per heavy atom. The molecule has 12 atom stereocenters. The molecule has 2 aliphatic heterocycles. The van der Waals surface area contributed by atoms with Crippen LogP contribution in [-0.2, 0) is 69.0 Å². The van der Waals surface area contributed by atoms with E-state index in [9.17, 15) is 45.9 Å². The number of carboxylic acid groups (broad SMARTS) is 1. The number of ether oxygens (including phenoxy) is 4. The number of amides is 4. The Morgan fingerprint density at radius 1 is 0.903 bits per heavy atom. The Balaban J connectivity index is 1.41. The molecular weight excluding hydrogens is 971 g/mol. The number of rotatable bonds is 32. The number of nitrogens with one attached hydrogen (secondary N) is 2. The molecule has 19 nitrogen and oxygen atoms in total. The smallest absolute Gasteiger partial charge is 0.326 e. The lowest BCUT2D eigenvalue weighted by molar-refractivity contribution is -0.148. The molecule has 0 aromatic heterocycles. The van der Waals surface area contributed by atoms with Crippen LogP contribution in [0.2, 0.25) is 0 Å². The Hall–Kier alpha value is -3.99. The minimum absolute atomic E-state index is 0.00821. The minimum atomic E-state index is -3.58. The van der Waals surface area contributed by atoms with E-state index in [0.717, 1.165) is 23.8 Å². The number of piperidine rings is 1. The van der Waals surface area contributed by atoms with Gasteiger partial charge in [0.05, 0.1) is 86.4 Å². The normalized spacial score (nSPS) is 23.2. The third kappa shape index (κ3) is 16.3. The average Bonchev–Trinajstić information content (AvgIpc) is 4.05. The molecule has 1 saturated carbocycles. The van der Waals surface area contributed by atoms with Crippen LogP contribution in [0.1, 0.15) is 85.6 Å². The van der Waals surface area contributed by atoms with Crippen LogP contribution >= 0.6 is 0 Å². The Labute approximate surface area is 428 Å². The van der Waals surface area contributed by atoms with E-state index in [1.54, 1.807) is 48.0 Å². The van der Waals surface area contributed by atoms with Crippen molar-refractivity contribution in [3.05, 3.63) is 47.9 Å². The van der Waals surface area contributed by atoms with Gasteiger partial charge in [-0.25, -0.2) is 21.6 Å². The summed E-state index contributed by atoms with van der Waals surface area (Å²) < 4.78 is 72.1. The summed E-state index contributed by atoms with van der Waals surface area (Å²) in [6.07, 6.45) is 2.02. The number of likely N-dealkylation sites (tertiary alicyclic amines) is 2. The highest BCUT2D eigenvalue weighted by Gasteiger charge is 2.54. The van der Waals surface area contributed by atoms with Crippen molar-refractivity contribution in [2.45, 2.75) is 135 Å². The molecule has 0 radical (unpaired) electrons. The fourth-order valence-electron chi connectivity index (χ4n) is 10.9. The van der Waals surface area contributed by atoms with Crippen LogP contribution in [0, 0.1) is 29.6 Å². The van der Waals surface area contributed by atoms with Crippen LogP contribution in [-0.4, -0.2) is 193 Å². The van der Waals surface area contributed by atoms with E-state index in [0.29, 0.717) is 25.8 Å². The molecule has 1 aromatic rings. The lowest BCUT2D eigenvalue weighted by Gasteiger charge is -2.41. The number of carbonyl (C=O) groups is 5. The molecule has 1 aliphatic carbocycles. The summed E-state index contributed by atoms with van der Waals surface area (Å²) in [4.78, 5) is 74.7. The second-order valence-electron chi connectivity index (χ2n) is 20.2. The standard InChI is InChI=1S/C51H83N5O14S2/c1-11-34(5)45(42(67-9)32-43(57)55-22-16-19-41(55)47(68-10)36(7)48(58)52-39(51(61)62)31-37-17-14-13-15-18-37)54(8)50(60)44(33(3)4)53-49(59)46-38-20-21-40(35(38)6)56(46)23-28-72(65,66)30-27-70-25-24-69-26-29-71(63,64)12-2/h12-15,17-18,33-36,38-42,44-47H,2,11,16,19-32H2,1,3-10H3,(H,52,58)(H,53,59)(H,61,62)/t34-,35-,36+,38-,39-,40-,41-,42+,44-,45-,46?,47+/m0/s1. The first-order chi connectivity index (χ1) is 34.0. The molecule has 2 heterocycles. The monoisotopic (exact) mass is 1050 g/mol. The molecule has 72 heavy (non-hydrogen) atoms. The van der Waals surface area contributed by atoms with Crippen molar-refractivity contribution in [1.29, 1.82) is 0 Å². The molecule has 0 spiro atoms. The summed E-state index contributed by atoms with van der Waals surface area (Å²) in [7, 11) is -2.31. The van der Waals surface area contributed by atoms with Crippen LogP contribution < -0.4 is 10.6 Å². The highest BCUT2D eigenvalue weighted by atomic mass is 32.2. The third-order valence-corrected chi connectivity index (χ3v) is 18.1. The first-order valence-corrected chi connectivity index (χ1v) is 29.0. The van der Waals surface area contributed by atoms with Crippen molar-refractivity contribution in [2.24, 2.45) is 29.6 Å². The SMILES string of the molecule is C=CS(=O)(=O)CCOCCOCCS(=O)(=O)CCN1C(C(=O)N[C@H](C(=O)N(C)[C@@H]([C@@H](C)CC)[C@@H](CC(=O)N2CCC[C@H]2[C@H](OC)[C@@H](C)C(=O)N[C@@H](Cc2ccccc2)C(=O)O)OC)C(C)C)[C@H]2CC[C@H]1[C@H]2C. The summed E-state index contributed by atoms with van der Waals surface area (Å²) in [5.41, 5.74) is 0.759. The molecule has 3 fully saturated rings. The molecule has 21 heteroatoms. The number of sulfone groups is 2. The van der Waals surface area contributed by atoms with Crippen LogP contribution in [0.3, 0.4) is 0 Å². The number of hydrogen-bond donors (Lipinski definition) is 3. The lowest BCUT2D eigenvalue weighted by atomic mass is 9.89. The van der Waals surface area contributed by atoms with Gasteiger partial charge in [-0.3, -0.25) is 24.1 Å². The van der Waals surface area contributed by atoms with Gasteiger partial charge < -0.3 is 44.5 Å². The molecule has 2 saturated heterocycles. The summed E-state index contributed by atoms with van der Waals surface area (Å²) in [5.74, 6) is -4.37. The number of likely N-dealkylation sites (N-methyl/N-ethyl adjacent to an activating group) is 1. The highest BCUT2D eigenvalue weighted by molar-refractivity contribution is 7.94. The Morgan fingerprint density at radius 3 is 2.14 bits per heavy atom. The molecule has 4 amide bonds. The summed E-state index contributed by atoms with van der Waals surface area (Å²) in [6.45, 7) is 15.4. The molecule has 2 bridgehead atoms. The van der Waals surface area contributed by atoms with Crippen molar-refractivity contribution >= 4 is 49.3 Å². The number of hydrogen-bond acceptors (Lipinski definition) is 14. The highest BCUT2D eigenvalue weighted by Crippen LogP contribution is 2.47. The van der Waals surface area contributed by atoms with Crippen molar-refractivity contribution in [3.63, 3.8) is 0 Å². The second-order valence-corrected chi connectivity index (χ2v) is 24.5. The van der Waals surface area contributed by atoms with Crippen molar-refractivity contribution in [1.82, 2.24) is 25.3 Å².